The molecule has 0 spiro atoms. The van der Waals surface area contributed by atoms with Crippen molar-refractivity contribution in [3.05, 3.63) is 29.8 Å². The summed E-state index contributed by atoms with van der Waals surface area (Å²) in [6, 6.07) is 7.72. The average Bonchev–Trinajstić information content (AvgIpc) is 2.42. The molecule has 0 aliphatic heterocycles. The molecule has 106 valence electrons. The monoisotopic (exact) mass is 265 g/mol. The first-order valence-corrected chi connectivity index (χ1v) is 6.68. The van der Waals surface area contributed by atoms with Gasteiger partial charge in [-0.1, -0.05) is 25.1 Å². The Balaban J connectivity index is 2.48. The number of rotatable bonds is 8. The van der Waals surface area contributed by atoms with E-state index in [1.807, 2.05) is 38.1 Å². The van der Waals surface area contributed by atoms with Gasteiger partial charge in [-0.15, -0.1) is 0 Å². The van der Waals surface area contributed by atoms with Gasteiger partial charge in [0.25, 0.3) is 5.91 Å². The van der Waals surface area contributed by atoms with Crippen LogP contribution >= 0.6 is 0 Å². The quantitative estimate of drug-likeness (QED) is 0.734. The summed E-state index contributed by atoms with van der Waals surface area (Å²) in [7, 11) is 1.65. The molecule has 4 heteroatoms. The third-order valence-electron chi connectivity index (χ3n) is 2.85. The maximum Gasteiger partial charge on any atom is 0.261 e. The van der Waals surface area contributed by atoms with Crippen molar-refractivity contribution < 1.29 is 14.3 Å². The van der Waals surface area contributed by atoms with Crippen molar-refractivity contribution in [2.24, 2.45) is 0 Å². The Morgan fingerprint density at radius 2 is 2.11 bits per heavy atom. The van der Waals surface area contributed by atoms with E-state index in [1.165, 1.54) is 0 Å². The number of amides is 1. The van der Waals surface area contributed by atoms with Gasteiger partial charge in [-0.3, -0.25) is 4.79 Å². The SMILES string of the molecule is CC[C@H](Oc1ccccc1C)C(=O)NCCCOC. The van der Waals surface area contributed by atoms with Gasteiger partial charge in [-0.2, -0.15) is 0 Å². The first-order valence-electron chi connectivity index (χ1n) is 6.68. The second-order valence-electron chi connectivity index (χ2n) is 4.42. The molecule has 1 atom stereocenters. The third-order valence-corrected chi connectivity index (χ3v) is 2.85. The van der Waals surface area contributed by atoms with Crippen LogP contribution in [0.2, 0.25) is 0 Å². The van der Waals surface area contributed by atoms with Crippen LogP contribution in [0.5, 0.6) is 5.75 Å². The zero-order valence-electron chi connectivity index (χ0n) is 11.9. The van der Waals surface area contributed by atoms with Gasteiger partial charge in [-0.05, 0) is 31.4 Å². The van der Waals surface area contributed by atoms with Crippen LogP contribution in [-0.2, 0) is 9.53 Å². The highest BCUT2D eigenvalue weighted by Gasteiger charge is 2.18. The molecule has 0 aliphatic rings. The molecule has 19 heavy (non-hydrogen) atoms. The van der Waals surface area contributed by atoms with Gasteiger partial charge in [0.15, 0.2) is 6.10 Å². The summed E-state index contributed by atoms with van der Waals surface area (Å²) in [4.78, 5) is 12.0. The first kappa shape index (κ1) is 15.5. The molecular weight excluding hydrogens is 242 g/mol. The van der Waals surface area contributed by atoms with E-state index in [1.54, 1.807) is 7.11 Å². The number of methoxy groups -OCH3 is 1. The van der Waals surface area contributed by atoms with E-state index in [0.29, 0.717) is 19.6 Å². The van der Waals surface area contributed by atoms with E-state index < -0.39 is 6.10 Å². The van der Waals surface area contributed by atoms with Crippen molar-refractivity contribution in [2.75, 3.05) is 20.3 Å². The van der Waals surface area contributed by atoms with Gasteiger partial charge in [0.1, 0.15) is 5.75 Å². The fraction of sp³-hybridized carbons (Fsp3) is 0.533. The van der Waals surface area contributed by atoms with Crippen LogP contribution in [0.4, 0.5) is 0 Å². The molecule has 0 fully saturated rings. The summed E-state index contributed by atoms with van der Waals surface area (Å²) in [6.45, 7) is 5.17. The molecule has 1 aromatic rings. The number of benzene rings is 1. The fourth-order valence-corrected chi connectivity index (χ4v) is 1.71. The van der Waals surface area contributed by atoms with E-state index in [2.05, 4.69) is 5.32 Å². The summed E-state index contributed by atoms with van der Waals surface area (Å²) in [6.07, 6.45) is 1.01. The minimum absolute atomic E-state index is 0.0677. The minimum atomic E-state index is -0.441. The molecule has 1 aromatic carbocycles. The van der Waals surface area contributed by atoms with Crippen LogP contribution in [0.25, 0.3) is 0 Å². The van der Waals surface area contributed by atoms with Crippen LogP contribution in [0.3, 0.4) is 0 Å². The Hall–Kier alpha value is -1.55. The Labute approximate surface area is 115 Å². The summed E-state index contributed by atoms with van der Waals surface area (Å²) < 4.78 is 10.7. The van der Waals surface area contributed by atoms with E-state index in [-0.39, 0.29) is 5.91 Å². The van der Waals surface area contributed by atoms with E-state index >= 15 is 0 Å². The average molecular weight is 265 g/mol. The van der Waals surface area contributed by atoms with Crippen molar-refractivity contribution in [2.45, 2.75) is 32.8 Å². The molecule has 1 rings (SSSR count). The maximum absolute atomic E-state index is 12.0. The van der Waals surface area contributed by atoms with Crippen molar-refractivity contribution in [1.82, 2.24) is 5.32 Å². The summed E-state index contributed by atoms with van der Waals surface area (Å²) in [5.41, 5.74) is 1.04. The number of para-hydroxylation sites is 1. The van der Waals surface area contributed by atoms with E-state index in [0.717, 1.165) is 17.7 Å². The smallest absolute Gasteiger partial charge is 0.261 e. The van der Waals surface area contributed by atoms with Crippen molar-refractivity contribution in [3.8, 4) is 5.75 Å². The summed E-state index contributed by atoms with van der Waals surface area (Å²) in [5, 5.41) is 2.86. The largest absolute Gasteiger partial charge is 0.480 e. The fourth-order valence-electron chi connectivity index (χ4n) is 1.71. The molecule has 0 heterocycles. The summed E-state index contributed by atoms with van der Waals surface area (Å²) >= 11 is 0. The molecule has 4 nitrogen and oxygen atoms in total. The zero-order valence-corrected chi connectivity index (χ0v) is 11.9. The lowest BCUT2D eigenvalue weighted by atomic mass is 10.2. The number of hydrogen-bond acceptors (Lipinski definition) is 3. The minimum Gasteiger partial charge on any atom is -0.480 e. The number of nitrogens with one attached hydrogen (secondary N) is 1. The normalized spacial score (nSPS) is 11.9. The Kier molecular flexibility index (Phi) is 6.97. The van der Waals surface area contributed by atoms with Gasteiger partial charge < -0.3 is 14.8 Å². The molecule has 0 saturated carbocycles. The standard InChI is InChI=1S/C15H23NO3/c1-4-13(15(17)16-10-7-11-18-3)19-14-9-6-5-8-12(14)2/h5-6,8-9,13H,4,7,10-11H2,1-3H3,(H,16,17)/t13-/m0/s1. The molecule has 1 N–H and O–H groups in total. The molecule has 0 saturated heterocycles. The number of ether oxygens (including phenoxy) is 2. The van der Waals surface area contributed by atoms with E-state index in [4.69, 9.17) is 9.47 Å². The number of hydrogen-bond donors (Lipinski definition) is 1. The van der Waals surface area contributed by atoms with Gasteiger partial charge in [0.05, 0.1) is 0 Å². The highest BCUT2D eigenvalue weighted by molar-refractivity contribution is 5.81. The topological polar surface area (TPSA) is 47.6 Å². The Morgan fingerprint density at radius 3 is 2.74 bits per heavy atom. The molecule has 0 unspecified atom stereocenters. The van der Waals surface area contributed by atoms with Crippen molar-refractivity contribution in [1.29, 1.82) is 0 Å². The lowest BCUT2D eigenvalue weighted by Crippen LogP contribution is -2.38. The van der Waals surface area contributed by atoms with Crippen LogP contribution in [0.1, 0.15) is 25.3 Å². The van der Waals surface area contributed by atoms with Crippen molar-refractivity contribution in [3.63, 3.8) is 0 Å². The highest BCUT2D eigenvalue weighted by Crippen LogP contribution is 2.18. The van der Waals surface area contributed by atoms with Gasteiger partial charge in [-0.25, -0.2) is 0 Å². The molecule has 0 radical (unpaired) electrons. The van der Waals surface area contributed by atoms with Crippen LogP contribution in [0, 0.1) is 6.92 Å². The van der Waals surface area contributed by atoms with Crippen LogP contribution in [0.15, 0.2) is 24.3 Å². The van der Waals surface area contributed by atoms with Crippen LogP contribution < -0.4 is 10.1 Å². The lowest BCUT2D eigenvalue weighted by Gasteiger charge is -2.18. The molecule has 0 bridgehead atoms. The highest BCUT2D eigenvalue weighted by atomic mass is 16.5. The molecule has 1 amide bonds. The Bertz CT molecular complexity index is 393. The molecule has 0 aromatic heterocycles. The number of aryl methyl sites for hydroxylation is 1. The molecule has 0 aliphatic carbocycles. The number of carbonyl (C=O) groups is 1. The predicted octanol–water partition coefficient (Wildman–Crippen LogP) is 2.31. The predicted molar refractivity (Wildman–Crippen MR) is 75.4 cm³/mol. The van der Waals surface area contributed by atoms with Crippen LogP contribution in [-0.4, -0.2) is 32.3 Å². The number of carbonyl (C=O) groups excluding carboxylic acids is 1. The second kappa shape index (κ2) is 8.53. The van der Waals surface area contributed by atoms with E-state index in [9.17, 15) is 4.79 Å². The second-order valence-corrected chi connectivity index (χ2v) is 4.42. The van der Waals surface area contributed by atoms with Gasteiger partial charge in [0, 0.05) is 20.3 Å². The van der Waals surface area contributed by atoms with Crippen molar-refractivity contribution >= 4 is 5.91 Å². The maximum atomic E-state index is 12.0. The third kappa shape index (κ3) is 5.30. The lowest BCUT2D eigenvalue weighted by molar-refractivity contribution is -0.128. The molecular formula is C15H23NO3. The summed E-state index contributed by atoms with van der Waals surface area (Å²) in [5.74, 6) is 0.697. The van der Waals surface area contributed by atoms with Gasteiger partial charge >= 0.3 is 0 Å². The van der Waals surface area contributed by atoms with Gasteiger partial charge in [0.2, 0.25) is 0 Å². The Morgan fingerprint density at radius 1 is 1.37 bits per heavy atom. The first-order chi connectivity index (χ1) is 9.19. The zero-order chi connectivity index (χ0) is 14.1.